The molecule has 0 aliphatic heterocycles. The molecule has 120 valence electrons. The number of rotatable bonds is 6. The predicted molar refractivity (Wildman–Crippen MR) is 90.4 cm³/mol. The van der Waals surface area contributed by atoms with Gasteiger partial charge in [-0.3, -0.25) is 4.79 Å². The van der Waals surface area contributed by atoms with Gasteiger partial charge in [0.25, 0.3) is 5.91 Å². The molecule has 5 nitrogen and oxygen atoms in total. The minimum absolute atomic E-state index is 0.256. The molecule has 0 fully saturated rings. The Labute approximate surface area is 142 Å². The van der Waals surface area contributed by atoms with E-state index in [9.17, 15) is 9.59 Å². The van der Waals surface area contributed by atoms with Gasteiger partial charge in [0, 0.05) is 10.2 Å². The monoisotopic (exact) mass is 377 g/mol. The molecule has 0 spiro atoms. The number of halogens is 1. The number of hydrogen-bond donors (Lipinski definition) is 1. The van der Waals surface area contributed by atoms with Gasteiger partial charge in [-0.1, -0.05) is 34.1 Å². The molecule has 0 aliphatic carbocycles. The first-order valence-corrected chi connectivity index (χ1v) is 7.73. The van der Waals surface area contributed by atoms with Gasteiger partial charge in [0.05, 0.1) is 0 Å². The Hall–Kier alpha value is -2.34. The van der Waals surface area contributed by atoms with E-state index in [2.05, 4.69) is 21.2 Å². The van der Waals surface area contributed by atoms with Crippen LogP contribution < -0.4 is 10.1 Å². The Balaban J connectivity index is 1.72. The van der Waals surface area contributed by atoms with Gasteiger partial charge in [-0.25, -0.2) is 4.79 Å². The molecule has 2 aromatic rings. The number of ether oxygens (including phenoxy) is 2. The third kappa shape index (κ3) is 6.12. The Morgan fingerprint density at radius 2 is 1.87 bits per heavy atom. The van der Waals surface area contributed by atoms with Crippen LogP contribution in [0.4, 0.5) is 5.69 Å². The van der Waals surface area contributed by atoms with Gasteiger partial charge in [-0.2, -0.15) is 0 Å². The summed E-state index contributed by atoms with van der Waals surface area (Å²) in [6.07, 6.45) is 0. The molecule has 0 bridgehead atoms. The number of carbonyl (C=O) groups excluding carboxylic acids is 2. The lowest BCUT2D eigenvalue weighted by Gasteiger charge is -2.08. The molecule has 2 rings (SSSR count). The van der Waals surface area contributed by atoms with E-state index in [0.717, 1.165) is 10.0 Å². The maximum Gasteiger partial charge on any atom is 0.344 e. The van der Waals surface area contributed by atoms with Crippen molar-refractivity contribution in [1.29, 1.82) is 0 Å². The van der Waals surface area contributed by atoms with Crippen molar-refractivity contribution in [3.63, 3.8) is 0 Å². The second-order valence-electron chi connectivity index (χ2n) is 4.82. The summed E-state index contributed by atoms with van der Waals surface area (Å²) in [5.74, 6) is -0.462. The summed E-state index contributed by atoms with van der Waals surface area (Å²) in [6, 6.07) is 14.5. The smallest absolute Gasteiger partial charge is 0.344 e. The second-order valence-corrected chi connectivity index (χ2v) is 5.74. The predicted octanol–water partition coefficient (Wildman–Crippen LogP) is 3.32. The molecular weight excluding hydrogens is 362 g/mol. The summed E-state index contributed by atoms with van der Waals surface area (Å²) in [6.45, 7) is 1.32. The van der Waals surface area contributed by atoms with Gasteiger partial charge in [0.2, 0.25) is 0 Å². The van der Waals surface area contributed by atoms with Crippen LogP contribution in [0.5, 0.6) is 5.75 Å². The number of benzene rings is 2. The highest BCUT2D eigenvalue weighted by atomic mass is 79.9. The molecule has 0 heterocycles. The van der Waals surface area contributed by atoms with Crippen molar-refractivity contribution in [2.45, 2.75) is 6.92 Å². The molecule has 2 aromatic carbocycles. The summed E-state index contributed by atoms with van der Waals surface area (Å²) >= 11 is 3.31. The SMILES string of the molecule is Cc1cccc(NC(=O)COC(=O)COc2cccc(Br)c2)c1. The third-order valence-electron chi connectivity index (χ3n) is 2.82. The Bertz CT molecular complexity index is 702. The van der Waals surface area contributed by atoms with Crippen LogP contribution in [0.15, 0.2) is 53.0 Å². The molecule has 1 N–H and O–H groups in total. The van der Waals surface area contributed by atoms with Crippen molar-refractivity contribution >= 4 is 33.5 Å². The highest BCUT2D eigenvalue weighted by molar-refractivity contribution is 9.10. The van der Waals surface area contributed by atoms with E-state index in [1.165, 1.54) is 0 Å². The number of anilines is 1. The van der Waals surface area contributed by atoms with E-state index in [1.807, 2.05) is 31.2 Å². The van der Waals surface area contributed by atoms with E-state index >= 15 is 0 Å². The highest BCUT2D eigenvalue weighted by Crippen LogP contribution is 2.17. The average molecular weight is 378 g/mol. The van der Waals surface area contributed by atoms with Crippen LogP contribution in [0, 0.1) is 6.92 Å². The highest BCUT2D eigenvalue weighted by Gasteiger charge is 2.09. The molecule has 0 aromatic heterocycles. The lowest BCUT2D eigenvalue weighted by Crippen LogP contribution is -2.23. The summed E-state index contributed by atoms with van der Waals surface area (Å²) in [5.41, 5.74) is 1.69. The molecule has 23 heavy (non-hydrogen) atoms. The number of hydrogen-bond acceptors (Lipinski definition) is 4. The number of carbonyl (C=O) groups is 2. The van der Waals surface area contributed by atoms with Crippen molar-refractivity contribution in [2.24, 2.45) is 0 Å². The lowest BCUT2D eigenvalue weighted by molar-refractivity contribution is -0.149. The van der Waals surface area contributed by atoms with Crippen LogP contribution in [0.25, 0.3) is 0 Å². The van der Waals surface area contributed by atoms with Crippen molar-refractivity contribution in [3.05, 3.63) is 58.6 Å². The zero-order chi connectivity index (χ0) is 16.7. The van der Waals surface area contributed by atoms with E-state index < -0.39 is 11.9 Å². The molecule has 1 amide bonds. The molecule has 0 radical (unpaired) electrons. The lowest BCUT2D eigenvalue weighted by atomic mass is 10.2. The van der Waals surface area contributed by atoms with Crippen molar-refractivity contribution in [2.75, 3.05) is 18.5 Å². The summed E-state index contributed by atoms with van der Waals surface area (Å²) < 4.78 is 11.0. The first-order valence-electron chi connectivity index (χ1n) is 6.93. The van der Waals surface area contributed by atoms with Crippen molar-refractivity contribution < 1.29 is 19.1 Å². The van der Waals surface area contributed by atoms with E-state index in [-0.39, 0.29) is 13.2 Å². The van der Waals surface area contributed by atoms with Crippen LogP contribution in [0.3, 0.4) is 0 Å². The fraction of sp³-hybridized carbons (Fsp3) is 0.176. The van der Waals surface area contributed by atoms with Crippen LogP contribution in [0.2, 0.25) is 0 Å². The Morgan fingerprint density at radius 3 is 2.61 bits per heavy atom. The number of nitrogens with one attached hydrogen (secondary N) is 1. The minimum Gasteiger partial charge on any atom is -0.482 e. The minimum atomic E-state index is -0.607. The zero-order valence-electron chi connectivity index (χ0n) is 12.5. The maximum absolute atomic E-state index is 11.7. The molecule has 0 atom stereocenters. The fourth-order valence-corrected chi connectivity index (χ4v) is 2.18. The molecular formula is C17H16BrNO4. The molecule has 0 aliphatic rings. The number of aryl methyl sites for hydroxylation is 1. The standard InChI is InChI=1S/C17H16BrNO4/c1-12-4-2-6-14(8-12)19-16(20)10-23-17(21)11-22-15-7-3-5-13(18)9-15/h2-9H,10-11H2,1H3,(H,19,20). The van der Waals surface area contributed by atoms with Gasteiger partial charge < -0.3 is 14.8 Å². The van der Waals surface area contributed by atoms with E-state index in [4.69, 9.17) is 9.47 Å². The Kier molecular flexibility index (Phi) is 6.17. The molecule has 0 unspecified atom stereocenters. The van der Waals surface area contributed by atoms with Crippen molar-refractivity contribution in [1.82, 2.24) is 0 Å². The summed E-state index contributed by atoms with van der Waals surface area (Å²) in [5, 5.41) is 2.66. The maximum atomic E-state index is 11.7. The van der Waals surface area contributed by atoms with Gasteiger partial charge in [0.15, 0.2) is 13.2 Å². The quantitative estimate of drug-likeness (QED) is 0.784. The van der Waals surface area contributed by atoms with Gasteiger partial charge in [0.1, 0.15) is 5.75 Å². The zero-order valence-corrected chi connectivity index (χ0v) is 14.1. The molecule has 0 saturated heterocycles. The first kappa shape index (κ1) is 17.0. The van der Waals surface area contributed by atoms with Gasteiger partial charge in [-0.15, -0.1) is 0 Å². The molecule has 6 heteroatoms. The summed E-state index contributed by atoms with van der Waals surface area (Å²) in [7, 11) is 0. The number of amides is 1. The second kappa shape index (κ2) is 8.33. The van der Waals surface area contributed by atoms with Crippen LogP contribution in [-0.2, 0) is 14.3 Å². The van der Waals surface area contributed by atoms with Crippen LogP contribution >= 0.6 is 15.9 Å². The van der Waals surface area contributed by atoms with E-state index in [1.54, 1.807) is 24.3 Å². The fourth-order valence-electron chi connectivity index (χ4n) is 1.81. The van der Waals surface area contributed by atoms with Gasteiger partial charge in [-0.05, 0) is 42.8 Å². The molecule has 0 saturated carbocycles. The summed E-state index contributed by atoms with van der Waals surface area (Å²) in [4.78, 5) is 23.3. The van der Waals surface area contributed by atoms with Gasteiger partial charge >= 0.3 is 5.97 Å². The number of esters is 1. The Morgan fingerprint density at radius 1 is 1.09 bits per heavy atom. The normalized spacial score (nSPS) is 10.0. The third-order valence-corrected chi connectivity index (χ3v) is 3.31. The topological polar surface area (TPSA) is 64.6 Å². The van der Waals surface area contributed by atoms with Crippen LogP contribution in [0.1, 0.15) is 5.56 Å². The van der Waals surface area contributed by atoms with Crippen LogP contribution in [-0.4, -0.2) is 25.1 Å². The van der Waals surface area contributed by atoms with Crippen molar-refractivity contribution in [3.8, 4) is 5.75 Å². The average Bonchev–Trinajstić information content (AvgIpc) is 2.51. The van der Waals surface area contributed by atoms with E-state index in [0.29, 0.717) is 11.4 Å². The largest absolute Gasteiger partial charge is 0.482 e. The first-order chi connectivity index (χ1) is 11.0.